The van der Waals surface area contributed by atoms with Gasteiger partial charge in [-0.15, -0.1) is 0 Å². The van der Waals surface area contributed by atoms with E-state index in [1.54, 1.807) is 0 Å². The van der Waals surface area contributed by atoms with Crippen molar-refractivity contribution in [2.45, 2.75) is 77.3 Å². The first kappa shape index (κ1) is 14.3. The van der Waals surface area contributed by atoms with Gasteiger partial charge in [-0.2, -0.15) is 0 Å². The molecule has 0 aromatic heterocycles. The van der Waals surface area contributed by atoms with Gasteiger partial charge in [0.25, 0.3) is 0 Å². The molecule has 2 aliphatic carbocycles. The Hall–Kier alpha value is -0.0800. The third kappa shape index (κ3) is 3.71. The fourth-order valence-corrected chi connectivity index (χ4v) is 3.94. The highest BCUT2D eigenvalue weighted by Gasteiger charge is 2.36. The zero-order valence-corrected chi connectivity index (χ0v) is 12.7. The average Bonchev–Trinajstić information content (AvgIpc) is 2.98. The zero-order chi connectivity index (χ0) is 13.0. The molecule has 2 aliphatic rings. The summed E-state index contributed by atoms with van der Waals surface area (Å²) in [5, 5.41) is 3.70. The summed E-state index contributed by atoms with van der Waals surface area (Å²) in [5.41, 5.74) is 0.571. The van der Waals surface area contributed by atoms with Gasteiger partial charge in [-0.3, -0.25) is 0 Å². The molecule has 0 aliphatic heterocycles. The van der Waals surface area contributed by atoms with Gasteiger partial charge in [-0.1, -0.05) is 39.5 Å². The van der Waals surface area contributed by atoms with Crippen LogP contribution < -0.4 is 5.32 Å². The van der Waals surface area contributed by atoms with Crippen molar-refractivity contribution in [2.24, 2.45) is 5.41 Å². The second-order valence-corrected chi connectivity index (χ2v) is 7.10. The summed E-state index contributed by atoms with van der Waals surface area (Å²) >= 11 is 0. The van der Waals surface area contributed by atoms with Gasteiger partial charge in [0, 0.05) is 25.2 Å². The van der Waals surface area contributed by atoms with Crippen molar-refractivity contribution in [1.29, 1.82) is 0 Å². The van der Waals surface area contributed by atoms with Gasteiger partial charge in [-0.05, 0) is 38.1 Å². The molecule has 0 spiro atoms. The summed E-state index contributed by atoms with van der Waals surface area (Å²) in [6.07, 6.45) is 11.5. The van der Waals surface area contributed by atoms with Crippen molar-refractivity contribution in [3.8, 4) is 0 Å². The lowest BCUT2D eigenvalue weighted by Gasteiger charge is -2.37. The molecule has 0 radical (unpaired) electrons. The number of nitrogens with one attached hydrogen (secondary N) is 1. The normalized spacial score (nSPS) is 24.5. The topological polar surface area (TPSA) is 15.3 Å². The minimum absolute atomic E-state index is 0.571. The molecule has 0 saturated heterocycles. The molecule has 2 rings (SSSR count). The SMILES string of the molecule is CC(C)NCC1(CN(C)C2CCCC2)CCCC1. The van der Waals surface area contributed by atoms with Crippen LogP contribution in [0.25, 0.3) is 0 Å². The number of hydrogen-bond acceptors (Lipinski definition) is 2. The van der Waals surface area contributed by atoms with Crippen molar-refractivity contribution >= 4 is 0 Å². The van der Waals surface area contributed by atoms with E-state index in [2.05, 4.69) is 31.1 Å². The first-order chi connectivity index (χ1) is 8.61. The van der Waals surface area contributed by atoms with Crippen LogP contribution in [0.15, 0.2) is 0 Å². The monoisotopic (exact) mass is 252 g/mol. The Bertz CT molecular complexity index is 237. The van der Waals surface area contributed by atoms with E-state index < -0.39 is 0 Å². The van der Waals surface area contributed by atoms with E-state index in [0.717, 1.165) is 6.04 Å². The molecular formula is C16H32N2. The Morgan fingerprint density at radius 2 is 1.72 bits per heavy atom. The average molecular weight is 252 g/mol. The van der Waals surface area contributed by atoms with E-state index in [1.165, 1.54) is 64.5 Å². The molecular weight excluding hydrogens is 220 g/mol. The summed E-state index contributed by atoms with van der Waals surface area (Å²) in [5.74, 6) is 0. The van der Waals surface area contributed by atoms with Crippen LogP contribution in [0.3, 0.4) is 0 Å². The predicted molar refractivity (Wildman–Crippen MR) is 78.9 cm³/mol. The van der Waals surface area contributed by atoms with E-state index in [0.29, 0.717) is 11.5 Å². The van der Waals surface area contributed by atoms with Crippen LogP contribution >= 0.6 is 0 Å². The Balaban J connectivity index is 1.88. The Morgan fingerprint density at radius 1 is 1.11 bits per heavy atom. The number of rotatable bonds is 6. The van der Waals surface area contributed by atoms with Crippen molar-refractivity contribution in [3.63, 3.8) is 0 Å². The van der Waals surface area contributed by atoms with Crippen LogP contribution in [0, 0.1) is 5.41 Å². The first-order valence-corrected chi connectivity index (χ1v) is 8.05. The molecule has 106 valence electrons. The molecule has 2 fully saturated rings. The second-order valence-electron chi connectivity index (χ2n) is 7.10. The van der Waals surface area contributed by atoms with E-state index >= 15 is 0 Å². The lowest BCUT2D eigenvalue weighted by Crippen LogP contribution is -2.45. The molecule has 2 heteroatoms. The van der Waals surface area contributed by atoms with E-state index in [9.17, 15) is 0 Å². The third-order valence-electron chi connectivity index (χ3n) is 5.08. The van der Waals surface area contributed by atoms with Crippen molar-refractivity contribution in [2.75, 3.05) is 20.1 Å². The Labute approximate surface area is 114 Å². The quantitative estimate of drug-likeness (QED) is 0.779. The van der Waals surface area contributed by atoms with Crippen LogP contribution in [-0.4, -0.2) is 37.1 Å². The number of hydrogen-bond donors (Lipinski definition) is 1. The van der Waals surface area contributed by atoms with E-state index in [1.807, 2.05) is 0 Å². The zero-order valence-electron chi connectivity index (χ0n) is 12.7. The van der Waals surface area contributed by atoms with Gasteiger partial charge in [-0.25, -0.2) is 0 Å². The van der Waals surface area contributed by atoms with Gasteiger partial charge in [0.05, 0.1) is 0 Å². The predicted octanol–water partition coefficient (Wildman–Crippen LogP) is 3.42. The lowest BCUT2D eigenvalue weighted by atomic mass is 9.84. The van der Waals surface area contributed by atoms with Crippen LogP contribution in [0.5, 0.6) is 0 Å². The second kappa shape index (κ2) is 6.38. The van der Waals surface area contributed by atoms with Crippen LogP contribution in [0.1, 0.15) is 65.2 Å². The highest BCUT2D eigenvalue weighted by molar-refractivity contribution is 4.91. The van der Waals surface area contributed by atoms with Crippen molar-refractivity contribution in [1.82, 2.24) is 10.2 Å². The molecule has 2 saturated carbocycles. The summed E-state index contributed by atoms with van der Waals surface area (Å²) in [6.45, 7) is 7.08. The standard InChI is InChI=1S/C16H32N2/c1-14(2)17-12-16(10-6-7-11-16)13-18(3)15-8-4-5-9-15/h14-15,17H,4-13H2,1-3H3. The minimum Gasteiger partial charge on any atom is -0.314 e. The summed E-state index contributed by atoms with van der Waals surface area (Å²) in [4.78, 5) is 2.68. The molecule has 0 aromatic rings. The maximum absolute atomic E-state index is 3.70. The van der Waals surface area contributed by atoms with Crippen molar-refractivity contribution in [3.05, 3.63) is 0 Å². The van der Waals surface area contributed by atoms with Crippen molar-refractivity contribution < 1.29 is 0 Å². The number of nitrogens with zero attached hydrogens (tertiary/aromatic N) is 1. The summed E-state index contributed by atoms with van der Waals surface area (Å²) in [6, 6.07) is 1.50. The van der Waals surface area contributed by atoms with E-state index in [4.69, 9.17) is 0 Å². The van der Waals surface area contributed by atoms with E-state index in [-0.39, 0.29) is 0 Å². The van der Waals surface area contributed by atoms with Gasteiger partial charge in [0.1, 0.15) is 0 Å². The van der Waals surface area contributed by atoms with Gasteiger partial charge >= 0.3 is 0 Å². The summed E-state index contributed by atoms with van der Waals surface area (Å²) in [7, 11) is 2.37. The molecule has 0 unspecified atom stereocenters. The molecule has 2 nitrogen and oxygen atoms in total. The van der Waals surface area contributed by atoms with Gasteiger partial charge in [0.2, 0.25) is 0 Å². The highest BCUT2D eigenvalue weighted by Crippen LogP contribution is 2.39. The Kier molecular flexibility index (Phi) is 5.08. The fourth-order valence-electron chi connectivity index (χ4n) is 3.94. The molecule has 0 heterocycles. The Morgan fingerprint density at radius 3 is 2.28 bits per heavy atom. The molecule has 0 bridgehead atoms. The molecule has 18 heavy (non-hydrogen) atoms. The molecule has 0 aromatic carbocycles. The summed E-state index contributed by atoms with van der Waals surface area (Å²) < 4.78 is 0. The first-order valence-electron chi connectivity index (χ1n) is 8.05. The smallest absolute Gasteiger partial charge is 0.00924 e. The lowest BCUT2D eigenvalue weighted by molar-refractivity contribution is 0.134. The van der Waals surface area contributed by atoms with Crippen LogP contribution in [0.2, 0.25) is 0 Å². The molecule has 1 N–H and O–H groups in total. The largest absolute Gasteiger partial charge is 0.314 e. The van der Waals surface area contributed by atoms with Crippen LogP contribution in [0.4, 0.5) is 0 Å². The molecule has 0 amide bonds. The van der Waals surface area contributed by atoms with Crippen LogP contribution in [-0.2, 0) is 0 Å². The van der Waals surface area contributed by atoms with Gasteiger partial charge < -0.3 is 10.2 Å². The third-order valence-corrected chi connectivity index (χ3v) is 5.08. The van der Waals surface area contributed by atoms with Gasteiger partial charge in [0.15, 0.2) is 0 Å². The minimum atomic E-state index is 0.571. The molecule has 0 atom stereocenters. The maximum atomic E-state index is 3.70. The maximum Gasteiger partial charge on any atom is 0.00924 e. The fraction of sp³-hybridized carbons (Fsp3) is 1.00. The highest BCUT2D eigenvalue weighted by atomic mass is 15.1.